The van der Waals surface area contributed by atoms with E-state index in [1.54, 1.807) is 43.7 Å². The molecule has 0 spiro atoms. The van der Waals surface area contributed by atoms with Crippen LogP contribution in [0.15, 0.2) is 47.2 Å². The van der Waals surface area contributed by atoms with Crippen LogP contribution in [0.3, 0.4) is 0 Å². The van der Waals surface area contributed by atoms with Crippen LogP contribution in [0.25, 0.3) is 22.8 Å². The van der Waals surface area contributed by atoms with Crippen molar-refractivity contribution in [3.05, 3.63) is 52.8 Å². The molecule has 0 aliphatic heterocycles. The average Bonchev–Trinajstić information content (AvgIpc) is 3.05. The second kappa shape index (κ2) is 5.60. The molecular formula is C14H11N5O3. The van der Waals surface area contributed by atoms with Crippen molar-refractivity contribution in [3.8, 4) is 22.8 Å². The SMILES string of the molecule is CNc1ccc(-c2nc(-c3cccnc3)no2)cc1[N+](=O)[O-]. The van der Waals surface area contributed by atoms with E-state index in [9.17, 15) is 10.1 Å². The predicted molar refractivity (Wildman–Crippen MR) is 79.2 cm³/mol. The summed E-state index contributed by atoms with van der Waals surface area (Å²) in [5.74, 6) is 0.591. The minimum atomic E-state index is -0.465. The Morgan fingerprint density at radius 3 is 2.82 bits per heavy atom. The first kappa shape index (κ1) is 13.7. The summed E-state index contributed by atoms with van der Waals surface area (Å²) < 4.78 is 5.18. The molecule has 0 aliphatic carbocycles. The quantitative estimate of drug-likeness (QED) is 0.582. The number of nitro benzene ring substituents is 1. The van der Waals surface area contributed by atoms with Crippen molar-refractivity contribution in [2.75, 3.05) is 12.4 Å². The molecule has 0 saturated carbocycles. The summed E-state index contributed by atoms with van der Waals surface area (Å²) in [6.45, 7) is 0. The van der Waals surface area contributed by atoms with Gasteiger partial charge in [-0.15, -0.1) is 0 Å². The summed E-state index contributed by atoms with van der Waals surface area (Å²) in [6, 6.07) is 8.24. The normalized spacial score (nSPS) is 10.4. The van der Waals surface area contributed by atoms with E-state index in [0.717, 1.165) is 0 Å². The van der Waals surface area contributed by atoms with E-state index in [1.807, 2.05) is 0 Å². The van der Waals surface area contributed by atoms with Gasteiger partial charge in [0.25, 0.3) is 11.6 Å². The van der Waals surface area contributed by atoms with E-state index in [-0.39, 0.29) is 11.6 Å². The van der Waals surface area contributed by atoms with E-state index in [0.29, 0.717) is 22.6 Å². The first-order valence-corrected chi connectivity index (χ1v) is 6.39. The summed E-state index contributed by atoms with van der Waals surface area (Å²) in [6.07, 6.45) is 3.26. The van der Waals surface area contributed by atoms with Crippen LogP contribution in [0.5, 0.6) is 0 Å². The lowest BCUT2D eigenvalue weighted by Gasteiger charge is -2.02. The fourth-order valence-corrected chi connectivity index (χ4v) is 1.98. The Bertz CT molecular complexity index is 816. The van der Waals surface area contributed by atoms with E-state index in [1.165, 1.54) is 6.07 Å². The third-order valence-corrected chi connectivity index (χ3v) is 3.06. The molecular weight excluding hydrogens is 286 g/mol. The van der Waals surface area contributed by atoms with Gasteiger partial charge < -0.3 is 9.84 Å². The van der Waals surface area contributed by atoms with Crippen molar-refractivity contribution in [3.63, 3.8) is 0 Å². The van der Waals surface area contributed by atoms with E-state index in [2.05, 4.69) is 20.4 Å². The van der Waals surface area contributed by atoms with Gasteiger partial charge in [0.1, 0.15) is 5.69 Å². The van der Waals surface area contributed by atoms with Gasteiger partial charge >= 0.3 is 0 Å². The Kier molecular flexibility index (Phi) is 3.48. The van der Waals surface area contributed by atoms with Gasteiger partial charge in [0, 0.05) is 36.6 Å². The van der Waals surface area contributed by atoms with Crippen LogP contribution in [0, 0.1) is 10.1 Å². The van der Waals surface area contributed by atoms with E-state index >= 15 is 0 Å². The molecule has 8 nitrogen and oxygen atoms in total. The summed E-state index contributed by atoms with van der Waals surface area (Å²) in [5, 5.41) is 17.7. The van der Waals surface area contributed by atoms with Crippen molar-refractivity contribution in [1.29, 1.82) is 0 Å². The van der Waals surface area contributed by atoms with Gasteiger partial charge in [0.15, 0.2) is 0 Å². The zero-order valence-electron chi connectivity index (χ0n) is 11.6. The summed E-state index contributed by atoms with van der Waals surface area (Å²) in [7, 11) is 1.62. The number of anilines is 1. The molecule has 22 heavy (non-hydrogen) atoms. The largest absolute Gasteiger partial charge is 0.383 e. The molecule has 0 amide bonds. The highest BCUT2D eigenvalue weighted by molar-refractivity contribution is 5.70. The second-order valence-electron chi connectivity index (χ2n) is 4.40. The fraction of sp³-hybridized carbons (Fsp3) is 0.0714. The first-order valence-electron chi connectivity index (χ1n) is 6.39. The van der Waals surface area contributed by atoms with Crippen molar-refractivity contribution >= 4 is 11.4 Å². The smallest absolute Gasteiger partial charge is 0.293 e. The van der Waals surface area contributed by atoms with Gasteiger partial charge in [0.2, 0.25) is 5.82 Å². The third kappa shape index (κ3) is 2.49. The van der Waals surface area contributed by atoms with Crippen molar-refractivity contribution in [2.45, 2.75) is 0 Å². The molecule has 110 valence electrons. The van der Waals surface area contributed by atoms with Gasteiger partial charge in [-0.2, -0.15) is 4.98 Å². The molecule has 0 unspecified atom stereocenters. The van der Waals surface area contributed by atoms with E-state index < -0.39 is 4.92 Å². The summed E-state index contributed by atoms with van der Waals surface area (Å²) >= 11 is 0. The summed E-state index contributed by atoms with van der Waals surface area (Å²) in [5.41, 5.74) is 1.55. The predicted octanol–water partition coefficient (Wildman–Crippen LogP) is 2.75. The number of aromatic nitrogens is 3. The highest BCUT2D eigenvalue weighted by atomic mass is 16.6. The maximum atomic E-state index is 11.1. The number of nitro groups is 1. The lowest BCUT2D eigenvalue weighted by atomic mass is 10.1. The zero-order valence-corrected chi connectivity index (χ0v) is 11.6. The Balaban J connectivity index is 2.00. The molecule has 0 bridgehead atoms. The van der Waals surface area contributed by atoms with Crippen LogP contribution in [-0.2, 0) is 0 Å². The van der Waals surface area contributed by atoms with Gasteiger partial charge in [-0.05, 0) is 24.3 Å². The molecule has 8 heteroatoms. The van der Waals surface area contributed by atoms with Gasteiger partial charge in [-0.1, -0.05) is 5.16 Å². The van der Waals surface area contributed by atoms with Gasteiger partial charge in [-0.3, -0.25) is 15.1 Å². The molecule has 0 atom stereocenters. The standard InChI is InChI=1S/C14H11N5O3/c1-15-11-5-4-9(7-12(11)19(20)21)14-17-13(18-22-14)10-3-2-6-16-8-10/h2-8,15H,1H3. The Labute approximate surface area is 125 Å². The maximum absolute atomic E-state index is 11.1. The molecule has 1 aromatic carbocycles. The molecule has 2 aromatic heterocycles. The van der Waals surface area contributed by atoms with Crippen molar-refractivity contribution < 1.29 is 9.45 Å². The first-order chi connectivity index (χ1) is 10.7. The fourth-order valence-electron chi connectivity index (χ4n) is 1.98. The number of hydrogen-bond acceptors (Lipinski definition) is 7. The molecule has 3 aromatic rings. The zero-order chi connectivity index (χ0) is 15.5. The molecule has 2 heterocycles. The molecule has 1 N–H and O–H groups in total. The number of nitrogens with zero attached hydrogens (tertiary/aromatic N) is 4. The van der Waals surface area contributed by atoms with Crippen LogP contribution < -0.4 is 5.32 Å². The van der Waals surface area contributed by atoms with E-state index in [4.69, 9.17) is 4.52 Å². The van der Waals surface area contributed by atoms with Crippen LogP contribution in [0.2, 0.25) is 0 Å². The Morgan fingerprint density at radius 1 is 1.27 bits per heavy atom. The second-order valence-corrected chi connectivity index (χ2v) is 4.40. The molecule has 3 rings (SSSR count). The molecule has 0 saturated heterocycles. The van der Waals surface area contributed by atoms with Crippen molar-refractivity contribution in [1.82, 2.24) is 15.1 Å². The van der Waals surface area contributed by atoms with Gasteiger partial charge in [-0.25, -0.2) is 0 Å². The highest BCUT2D eigenvalue weighted by Crippen LogP contribution is 2.30. The lowest BCUT2D eigenvalue weighted by Crippen LogP contribution is -1.96. The molecule has 0 fully saturated rings. The number of rotatable bonds is 4. The maximum Gasteiger partial charge on any atom is 0.293 e. The molecule has 0 radical (unpaired) electrons. The van der Waals surface area contributed by atoms with Crippen LogP contribution in [0.1, 0.15) is 0 Å². The minimum absolute atomic E-state index is 0.0545. The highest BCUT2D eigenvalue weighted by Gasteiger charge is 2.17. The van der Waals surface area contributed by atoms with Crippen molar-refractivity contribution in [2.24, 2.45) is 0 Å². The minimum Gasteiger partial charge on any atom is -0.383 e. The summed E-state index contributed by atoms with van der Waals surface area (Å²) in [4.78, 5) is 18.8. The Hall–Kier alpha value is -3.29. The Morgan fingerprint density at radius 2 is 2.14 bits per heavy atom. The lowest BCUT2D eigenvalue weighted by molar-refractivity contribution is -0.383. The van der Waals surface area contributed by atoms with Crippen LogP contribution >= 0.6 is 0 Å². The number of hydrogen-bond donors (Lipinski definition) is 1. The number of pyridine rings is 1. The number of benzene rings is 1. The third-order valence-electron chi connectivity index (χ3n) is 3.06. The molecule has 0 aliphatic rings. The topological polar surface area (TPSA) is 107 Å². The monoisotopic (exact) mass is 297 g/mol. The van der Waals surface area contributed by atoms with Crippen LogP contribution in [-0.4, -0.2) is 27.1 Å². The van der Waals surface area contributed by atoms with Gasteiger partial charge in [0.05, 0.1) is 4.92 Å². The number of nitrogens with one attached hydrogen (secondary N) is 1. The average molecular weight is 297 g/mol. The van der Waals surface area contributed by atoms with Crippen LogP contribution in [0.4, 0.5) is 11.4 Å².